The third kappa shape index (κ3) is 26.4. The van der Waals surface area contributed by atoms with Gasteiger partial charge in [-0.2, -0.15) is 0 Å². The molecular formula is C10H18BF4O4-. The number of carbonyl (C=O) groups is 2. The van der Waals surface area contributed by atoms with E-state index in [1.807, 2.05) is 13.8 Å². The van der Waals surface area contributed by atoms with Gasteiger partial charge in [-0.1, -0.05) is 13.8 Å². The fourth-order valence-electron chi connectivity index (χ4n) is 0.780. The Morgan fingerprint density at radius 2 is 1.11 bits per heavy atom. The molecule has 4 nitrogen and oxygen atoms in total. The maximum absolute atomic E-state index is 11.0. The number of halogens is 4. The number of ether oxygens (including phenoxy) is 2. The van der Waals surface area contributed by atoms with Crippen molar-refractivity contribution in [1.82, 2.24) is 0 Å². The van der Waals surface area contributed by atoms with Crippen LogP contribution < -0.4 is 0 Å². The van der Waals surface area contributed by atoms with E-state index in [0.29, 0.717) is 13.2 Å². The minimum Gasteiger partial charge on any atom is -0.466 e. The van der Waals surface area contributed by atoms with E-state index in [9.17, 15) is 26.9 Å². The van der Waals surface area contributed by atoms with Crippen molar-refractivity contribution in [3.05, 3.63) is 0 Å². The molecule has 0 N–H and O–H groups in total. The van der Waals surface area contributed by atoms with Gasteiger partial charge in [-0.25, -0.2) is 0 Å². The van der Waals surface area contributed by atoms with Gasteiger partial charge in [0.2, 0.25) is 0 Å². The first-order chi connectivity index (χ1) is 8.70. The van der Waals surface area contributed by atoms with Crippen LogP contribution in [0.4, 0.5) is 17.3 Å². The summed E-state index contributed by atoms with van der Waals surface area (Å²) < 4.78 is 48.6. The summed E-state index contributed by atoms with van der Waals surface area (Å²) >= 11 is 0. The number of rotatable bonds is 7. The Morgan fingerprint density at radius 1 is 0.842 bits per heavy atom. The molecule has 0 aromatic carbocycles. The molecule has 0 aliphatic rings. The summed E-state index contributed by atoms with van der Waals surface area (Å²) in [4.78, 5) is 21.9. The first kappa shape index (κ1) is 20.1. The molecule has 0 unspecified atom stereocenters. The Bertz CT molecular complexity index is 232. The van der Waals surface area contributed by atoms with Gasteiger partial charge >= 0.3 is 19.2 Å². The lowest BCUT2D eigenvalue weighted by molar-refractivity contribution is -0.150. The van der Waals surface area contributed by atoms with E-state index in [1.54, 1.807) is 0 Å². The van der Waals surface area contributed by atoms with Gasteiger partial charge in [0.25, 0.3) is 0 Å². The average Bonchev–Trinajstić information content (AvgIpc) is 2.29. The van der Waals surface area contributed by atoms with Crippen LogP contribution in [0.5, 0.6) is 0 Å². The normalized spacial score (nSPS) is 10.2. The van der Waals surface area contributed by atoms with Gasteiger partial charge < -0.3 is 26.7 Å². The Kier molecular flexibility index (Phi) is 12.4. The lowest BCUT2D eigenvalue weighted by Gasteiger charge is -2.03. The molecular weight excluding hydrogens is 271 g/mol. The van der Waals surface area contributed by atoms with E-state index in [0.717, 1.165) is 12.8 Å². The van der Waals surface area contributed by atoms with Crippen LogP contribution in [-0.2, 0) is 19.1 Å². The van der Waals surface area contributed by atoms with E-state index >= 15 is 0 Å². The van der Waals surface area contributed by atoms with E-state index in [4.69, 9.17) is 9.47 Å². The standard InChI is InChI=1S/C10H18O4.BF4/c1-3-7-13-9(11)5-6-10(12)14-8-4-2;2-1(3,4)5/h3-8H2,1-2H3;/q;-1. The molecule has 0 bridgehead atoms. The van der Waals surface area contributed by atoms with E-state index in [-0.39, 0.29) is 24.8 Å². The number of hydrogen-bond acceptors (Lipinski definition) is 4. The van der Waals surface area contributed by atoms with Crippen LogP contribution in [0, 0.1) is 0 Å². The van der Waals surface area contributed by atoms with E-state index in [2.05, 4.69) is 0 Å². The molecule has 19 heavy (non-hydrogen) atoms. The zero-order chi connectivity index (χ0) is 15.3. The van der Waals surface area contributed by atoms with Gasteiger partial charge in [0.05, 0.1) is 26.1 Å². The fourth-order valence-corrected chi connectivity index (χ4v) is 0.780. The van der Waals surface area contributed by atoms with E-state index in [1.165, 1.54) is 0 Å². The molecule has 0 aromatic heterocycles. The third-order valence-electron chi connectivity index (χ3n) is 1.47. The Labute approximate surface area is 109 Å². The van der Waals surface area contributed by atoms with Crippen molar-refractivity contribution in [2.24, 2.45) is 0 Å². The maximum Gasteiger partial charge on any atom is 0.673 e. The van der Waals surface area contributed by atoms with Crippen molar-refractivity contribution in [2.45, 2.75) is 39.5 Å². The highest BCUT2D eigenvalue weighted by molar-refractivity contribution is 6.50. The Hall–Kier alpha value is -1.28. The van der Waals surface area contributed by atoms with Crippen molar-refractivity contribution in [3.8, 4) is 0 Å². The van der Waals surface area contributed by atoms with Crippen LogP contribution in [0.3, 0.4) is 0 Å². The predicted molar refractivity (Wildman–Crippen MR) is 61.9 cm³/mol. The van der Waals surface area contributed by atoms with Gasteiger partial charge in [-0.05, 0) is 12.8 Å². The Balaban J connectivity index is 0. The van der Waals surface area contributed by atoms with Gasteiger partial charge in [-0.15, -0.1) is 0 Å². The highest BCUT2D eigenvalue weighted by atomic mass is 19.5. The highest BCUT2D eigenvalue weighted by Gasteiger charge is 2.20. The molecule has 0 aromatic rings. The Morgan fingerprint density at radius 3 is 1.32 bits per heavy atom. The summed E-state index contributed by atoms with van der Waals surface area (Å²) in [6.45, 7) is 4.68. The summed E-state index contributed by atoms with van der Waals surface area (Å²) in [7, 11) is -6.00. The second kappa shape index (κ2) is 11.8. The first-order valence-corrected chi connectivity index (χ1v) is 5.89. The molecule has 0 fully saturated rings. The summed E-state index contributed by atoms with van der Waals surface area (Å²) in [6, 6.07) is 0. The van der Waals surface area contributed by atoms with Gasteiger partial charge in [0, 0.05) is 0 Å². The molecule has 9 heteroatoms. The van der Waals surface area contributed by atoms with Crippen LogP contribution in [-0.4, -0.2) is 32.4 Å². The van der Waals surface area contributed by atoms with Gasteiger partial charge in [0.15, 0.2) is 0 Å². The van der Waals surface area contributed by atoms with Crippen LogP contribution in [0.25, 0.3) is 0 Å². The minimum atomic E-state index is -6.00. The maximum atomic E-state index is 11.0. The molecule has 0 radical (unpaired) electrons. The lowest BCUT2D eigenvalue weighted by Crippen LogP contribution is -2.10. The third-order valence-corrected chi connectivity index (χ3v) is 1.47. The lowest BCUT2D eigenvalue weighted by atomic mass is 10.3. The molecule has 0 spiro atoms. The number of hydrogen-bond donors (Lipinski definition) is 0. The predicted octanol–water partition coefficient (Wildman–Crippen LogP) is 2.97. The molecule has 0 saturated heterocycles. The zero-order valence-corrected chi connectivity index (χ0v) is 11.0. The largest absolute Gasteiger partial charge is 0.673 e. The highest BCUT2D eigenvalue weighted by Crippen LogP contribution is 2.06. The summed E-state index contributed by atoms with van der Waals surface area (Å²) in [5.41, 5.74) is 0. The van der Waals surface area contributed by atoms with Crippen molar-refractivity contribution >= 4 is 19.2 Å². The summed E-state index contributed by atoms with van der Waals surface area (Å²) in [6.07, 6.45) is 1.82. The van der Waals surface area contributed by atoms with Crippen molar-refractivity contribution in [2.75, 3.05) is 13.2 Å². The van der Waals surface area contributed by atoms with E-state index < -0.39 is 7.25 Å². The first-order valence-electron chi connectivity index (χ1n) is 5.89. The van der Waals surface area contributed by atoms with Crippen LogP contribution in [0.15, 0.2) is 0 Å². The second-order valence-corrected chi connectivity index (χ2v) is 3.44. The van der Waals surface area contributed by atoms with Crippen LogP contribution >= 0.6 is 0 Å². The number of esters is 2. The van der Waals surface area contributed by atoms with Crippen LogP contribution in [0.2, 0.25) is 0 Å². The minimum absolute atomic E-state index is 0.114. The molecule has 0 atom stereocenters. The van der Waals surface area contributed by atoms with Crippen molar-refractivity contribution < 1.29 is 36.3 Å². The van der Waals surface area contributed by atoms with Crippen LogP contribution in [0.1, 0.15) is 39.5 Å². The molecule has 0 aliphatic heterocycles. The monoisotopic (exact) mass is 289 g/mol. The molecule has 0 heterocycles. The van der Waals surface area contributed by atoms with Gasteiger partial charge in [0.1, 0.15) is 0 Å². The summed E-state index contributed by atoms with van der Waals surface area (Å²) in [5, 5.41) is 0. The molecule has 0 rings (SSSR count). The molecule has 0 aliphatic carbocycles. The molecule has 114 valence electrons. The average molecular weight is 289 g/mol. The quantitative estimate of drug-likeness (QED) is 0.411. The summed E-state index contributed by atoms with van der Waals surface area (Å²) in [5.74, 6) is -0.666. The smallest absolute Gasteiger partial charge is 0.466 e. The fraction of sp³-hybridized carbons (Fsp3) is 0.800. The van der Waals surface area contributed by atoms with Gasteiger partial charge in [-0.3, -0.25) is 9.59 Å². The van der Waals surface area contributed by atoms with Crippen molar-refractivity contribution in [1.29, 1.82) is 0 Å². The zero-order valence-electron chi connectivity index (χ0n) is 11.0. The number of carbonyl (C=O) groups excluding carboxylic acids is 2. The SMILES string of the molecule is CCCOC(=O)CCC(=O)OCCC.F[B-](F)(F)F. The molecule has 0 saturated carbocycles. The second-order valence-electron chi connectivity index (χ2n) is 3.44. The molecule has 0 amide bonds. The van der Waals surface area contributed by atoms with Crippen molar-refractivity contribution in [3.63, 3.8) is 0 Å². The topological polar surface area (TPSA) is 52.6 Å².